The minimum atomic E-state index is -1.04. The molecule has 2 amide bonds. The molecule has 1 N–H and O–H groups in total. The van der Waals surface area contributed by atoms with Crippen molar-refractivity contribution in [2.24, 2.45) is 11.8 Å². The predicted molar refractivity (Wildman–Crippen MR) is 145 cm³/mol. The van der Waals surface area contributed by atoms with Gasteiger partial charge in [-0.3, -0.25) is 0 Å². The van der Waals surface area contributed by atoms with E-state index in [1.165, 1.54) is 9.80 Å². The molecule has 0 bridgehead atoms. The highest BCUT2D eigenvalue weighted by atomic mass is 16.6. The molecule has 0 saturated heterocycles. The molecular formula is C29H42N2O7. The van der Waals surface area contributed by atoms with E-state index in [2.05, 4.69) is 0 Å². The zero-order valence-corrected chi connectivity index (χ0v) is 23.4. The molecule has 38 heavy (non-hydrogen) atoms. The summed E-state index contributed by atoms with van der Waals surface area (Å²) in [6, 6.07) is 14.7. The van der Waals surface area contributed by atoms with Gasteiger partial charge < -0.3 is 33.9 Å². The lowest BCUT2D eigenvalue weighted by molar-refractivity contribution is 0.0394. The maximum absolute atomic E-state index is 12.9. The monoisotopic (exact) mass is 530 g/mol. The minimum absolute atomic E-state index is 0.0282. The summed E-state index contributed by atoms with van der Waals surface area (Å²) in [5.41, 5.74) is 1.71. The molecule has 2 aromatic rings. The second-order valence-corrected chi connectivity index (χ2v) is 10.1. The first kappa shape index (κ1) is 30.8. The number of aliphatic hydroxyl groups excluding tert-OH is 1. The first-order chi connectivity index (χ1) is 18.1. The van der Waals surface area contributed by atoms with Crippen LogP contribution in [0.3, 0.4) is 0 Å². The van der Waals surface area contributed by atoms with Crippen LogP contribution in [-0.4, -0.2) is 73.7 Å². The van der Waals surface area contributed by atoms with E-state index in [0.717, 1.165) is 11.1 Å². The smallest absolute Gasteiger partial charge is 0.410 e. The van der Waals surface area contributed by atoms with Crippen LogP contribution in [0.25, 0.3) is 0 Å². The zero-order valence-electron chi connectivity index (χ0n) is 23.4. The Morgan fingerprint density at radius 3 is 1.32 bits per heavy atom. The molecule has 0 atom stereocenters. The second kappa shape index (κ2) is 15.7. The van der Waals surface area contributed by atoms with Gasteiger partial charge in [0.25, 0.3) is 0 Å². The number of benzene rings is 2. The van der Waals surface area contributed by atoms with Gasteiger partial charge in [-0.25, -0.2) is 9.59 Å². The number of carbonyl (C=O) groups is 2. The van der Waals surface area contributed by atoms with E-state index in [4.69, 9.17) is 18.9 Å². The average Bonchev–Trinajstić information content (AvgIpc) is 2.90. The van der Waals surface area contributed by atoms with Gasteiger partial charge in [-0.15, -0.1) is 0 Å². The van der Waals surface area contributed by atoms with Crippen molar-refractivity contribution in [3.63, 3.8) is 0 Å². The summed E-state index contributed by atoms with van der Waals surface area (Å²) in [6.45, 7) is 8.75. The first-order valence-electron chi connectivity index (χ1n) is 12.9. The molecular weight excluding hydrogens is 488 g/mol. The van der Waals surface area contributed by atoms with E-state index in [1.807, 2.05) is 76.2 Å². The Labute approximate surface area is 226 Å². The van der Waals surface area contributed by atoms with E-state index in [0.29, 0.717) is 11.5 Å². The van der Waals surface area contributed by atoms with Crippen LogP contribution in [-0.2, 0) is 22.6 Å². The number of carbonyl (C=O) groups excluding carboxylic acids is 2. The molecule has 0 spiro atoms. The summed E-state index contributed by atoms with van der Waals surface area (Å²) < 4.78 is 21.3. The van der Waals surface area contributed by atoms with Crippen LogP contribution in [0.4, 0.5) is 9.59 Å². The second-order valence-electron chi connectivity index (χ2n) is 10.1. The molecule has 0 unspecified atom stereocenters. The number of hydrogen-bond acceptors (Lipinski definition) is 7. The minimum Gasteiger partial charge on any atom is -0.497 e. The largest absolute Gasteiger partial charge is 0.497 e. The molecule has 0 saturated carbocycles. The fourth-order valence-electron chi connectivity index (χ4n) is 3.53. The quantitative estimate of drug-likeness (QED) is 0.369. The van der Waals surface area contributed by atoms with Gasteiger partial charge in [-0.1, -0.05) is 52.0 Å². The molecule has 0 aliphatic carbocycles. The maximum Gasteiger partial charge on any atom is 0.410 e. The molecule has 0 aliphatic heterocycles. The molecule has 2 rings (SSSR count). The van der Waals surface area contributed by atoms with Gasteiger partial charge in [0, 0.05) is 13.1 Å². The molecule has 0 radical (unpaired) electrons. The van der Waals surface area contributed by atoms with Gasteiger partial charge in [0.15, 0.2) is 0 Å². The van der Waals surface area contributed by atoms with Crippen LogP contribution < -0.4 is 9.47 Å². The van der Waals surface area contributed by atoms with Crippen molar-refractivity contribution in [2.45, 2.75) is 46.9 Å². The standard InChI is InChI=1S/C29H42N2O7/c1-21(2)19-37-28(33)30(15-23-7-11-26(35-5)12-8-23)17-25(32)18-31(29(34)38-20-22(3)4)16-24-9-13-27(36-6)14-10-24/h7-14,21-22,25,32H,15-20H2,1-6H3. The number of rotatable bonds is 14. The Balaban J connectivity index is 2.16. The van der Waals surface area contributed by atoms with E-state index >= 15 is 0 Å². The number of aliphatic hydroxyl groups is 1. The summed E-state index contributed by atoms with van der Waals surface area (Å²) in [5.74, 6) is 1.75. The summed E-state index contributed by atoms with van der Waals surface area (Å²) in [4.78, 5) is 28.7. The third-order valence-corrected chi connectivity index (χ3v) is 5.52. The first-order valence-corrected chi connectivity index (χ1v) is 12.9. The summed E-state index contributed by atoms with van der Waals surface area (Å²) in [7, 11) is 3.18. The molecule has 0 fully saturated rings. The Bertz CT molecular complexity index is 898. The van der Waals surface area contributed by atoms with E-state index in [1.54, 1.807) is 14.2 Å². The van der Waals surface area contributed by atoms with Gasteiger partial charge in [0.1, 0.15) is 11.5 Å². The fraction of sp³-hybridized carbons (Fsp3) is 0.517. The summed E-state index contributed by atoms with van der Waals surface area (Å²) in [6.07, 6.45) is -2.10. The highest BCUT2D eigenvalue weighted by molar-refractivity contribution is 5.68. The lowest BCUT2D eigenvalue weighted by atomic mass is 10.2. The maximum atomic E-state index is 12.9. The lowest BCUT2D eigenvalue weighted by Crippen LogP contribution is -2.44. The average molecular weight is 531 g/mol. The van der Waals surface area contributed by atoms with Crippen molar-refractivity contribution in [1.82, 2.24) is 9.80 Å². The topological polar surface area (TPSA) is 97.8 Å². The van der Waals surface area contributed by atoms with Gasteiger partial charge in [0.2, 0.25) is 0 Å². The van der Waals surface area contributed by atoms with Crippen LogP contribution in [0.5, 0.6) is 11.5 Å². The lowest BCUT2D eigenvalue weighted by Gasteiger charge is -2.29. The van der Waals surface area contributed by atoms with Crippen LogP contribution in [0, 0.1) is 11.8 Å². The van der Waals surface area contributed by atoms with Crippen molar-refractivity contribution in [1.29, 1.82) is 0 Å². The van der Waals surface area contributed by atoms with Crippen molar-refractivity contribution >= 4 is 12.2 Å². The Kier molecular flexibility index (Phi) is 12.7. The fourth-order valence-corrected chi connectivity index (χ4v) is 3.53. The van der Waals surface area contributed by atoms with Crippen LogP contribution in [0.15, 0.2) is 48.5 Å². The third kappa shape index (κ3) is 10.9. The normalized spacial score (nSPS) is 11.0. The number of hydrogen-bond donors (Lipinski definition) is 1. The molecule has 2 aromatic carbocycles. The van der Waals surface area contributed by atoms with Crippen LogP contribution in [0.1, 0.15) is 38.8 Å². The number of ether oxygens (including phenoxy) is 4. The van der Waals surface area contributed by atoms with Crippen LogP contribution in [0.2, 0.25) is 0 Å². The molecule has 9 nitrogen and oxygen atoms in total. The Hall–Kier alpha value is -3.46. The SMILES string of the molecule is COc1ccc(CN(CC(O)CN(Cc2ccc(OC)cc2)C(=O)OCC(C)C)C(=O)OCC(C)C)cc1. The number of nitrogens with zero attached hydrogens (tertiary/aromatic N) is 2. The Morgan fingerprint density at radius 1 is 0.684 bits per heavy atom. The Morgan fingerprint density at radius 2 is 1.03 bits per heavy atom. The van der Waals surface area contributed by atoms with Gasteiger partial charge in [-0.2, -0.15) is 0 Å². The highest BCUT2D eigenvalue weighted by Gasteiger charge is 2.25. The molecule has 9 heteroatoms. The summed E-state index contributed by atoms with van der Waals surface area (Å²) >= 11 is 0. The molecule has 210 valence electrons. The molecule has 0 aromatic heterocycles. The van der Waals surface area contributed by atoms with Crippen molar-refractivity contribution in [2.75, 3.05) is 40.5 Å². The third-order valence-electron chi connectivity index (χ3n) is 5.52. The molecule has 0 heterocycles. The van der Waals surface area contributed by atoms with Crippen molar-refractivity contribution < 1.29 is 33.6 Å². The highest BCUT2D eigenvalue weighted by Crippen LogP contribution is 2.17. The van der Waals surface area contributed by atoms with Crippen molar-refractivity contribution in [3.05, 3.63) is 59.7 Å². The van der Waals surface area contributed by atoms with Gasteiger partial charge >= 0.3 is 12.2 Å². The zero-order chi connectivity index (χ0) is 28.1. The van der Waals surface area contributed by atoms with Crippen molar-refractivity contribution in [3.8, 4) is 11.5 Å². The number of amides is 2. The molecule has 0 aliphatic rings. The van der Waals surface area contributed by atoms with E-state index in [9.17, 15) is 14.7 Å². The van der Waals surface area contributed by atoms with Gasteiger partial charge in [0.05, 0.1) is 46.6 Å². The van der Waals surface area contributed by atoms with Crippen LogP contribution >= 0.6 is 0 Å². The predicted octanol–water partition coefficient (Wildman–Crippen LogP) is 4.95. The van der Waals surface area contributed by atoms with Gasteiger partial charge in [-0.05, 0) is 47.2 Å². The summed E-state index contributed by atoms with van der Waals surface area (Å²) in [5, 5.41) is 11.0. The van der Waals surface area contributed by atoms with E-state index < -0.39 is 18.3 Å². The number of methoxy groups -OCH3 is 2. The van der Waals surface area contributed by atoms with E-state index in [-0.39, 0.29) is 51.2 Å².